The Balaban J connectivity index is 1.31. The van der Waals surface area contributed by atoms with Gasteiger partial charge in [0.2, 0.25) is 0 Å². The minimum absolute atomic E-state index is 0.0520. The number of nitrogens with zero attached hydrogens (tertiary/aromatic N) is 1. The molecular formula is C23H20Cl2N2O4S2. The van der Waals surface area contributed by atoms with E-state index in [2.05, 4.69) is 5.32 Å². The van der Waals surface area contributed by atoms with Crippen LogP contribution in [0.4, 0.5) is 5.69 Å². The molecule has 1 N–H and O–H groups in total. The molecule has 172 valence electrons. The third-order valence-corrected chi connectivity index (χ3v) is 6.96. The van der Waals surface area contributed by atoms with Gasteiger partial charge in [-0.05, 0) is 54.8 Å². The molecule has 10 heteroatoms. The van der Waals surface area contributed by atoms with E-state index in [-0.39, 0.29) is 24.5 Å². The van der Waals surface area contributed by atoms with E-state index in [1.165, 1.54) is 11.8 Å². The highest BCUT2D eigenvalue weighted by Crippen LogP contribution is 2.33. The van der Waals surface area contributed by atoms with Gasteiger partial charge in [-0.25, -0.2) is 0 Å². The van der Waals surface area contributed by atoms with E-state index in [4.69, 9.17) is 44.9 Å². The van der Waals surface area contributed by atoms with E-state index in [1.54, 1.807) is 41.3 Å². The van der Waals surface area contributed by atoms with Crippen molar-refractivity contribution >= 4 is 75.1 Å². The second-order valence-corrected chi connectivity index (χ2v) is 9.98. The van der Waals surface area contributed by atoms with Gasteiger partial charge in [0.1, 0.15) is 10.1 Å². The Bertz CT molecular complexity index is 1100. The lowest BCUT2D eigenvalue weighted by atomic mass is 10.2. The number of benzene rings is 2. The van der Waals surface area contributed by atoms with Crippen LogP contribution in [0.5, 0.6) is 5.75 Å². The number of ether oxygens (including phenoxy) is 2. The maximum Gasteiger partial charge on any atom is 0.266 e. The number of carbonyl (C=O) groups is 2. The normalized spacial score (nSPS) is 19.4. The quantitative estimate of drug-likeness (QED) is 0.388. The second kappa shape index (κ2) is 10.9. The molecule has 33 heavy (non-hydrogen) atoms. The fourth-order valence-electron chi connectivity index (χ4n) is 3.39. The summed E-state index contributed by atoms with van der Waals surface area (Å²) in [5.41, 5.74) is 1.29. The van der Waals surface area contributed by atoms with Crippen molar-refractivity contribution in [3.05, 3.63) is 63.0 Å². The van der Waals surface area contributed by atoms with Crippen LogP contribution in [0.2, 0.25) is 10.0 Å². The summed E-state index contributed by atoms with van der Waals surface area (Å²) in [6.45, 7) is 1.05. The molecule has 2 fully saturated rings. The molecule has 0 radical (unpaired) electrons. The lowest BCUT2D eigenvalue weighted by Gasteiger charge is -2.18. The molecule has 2 aromatic rings. The van der Waals surface area contributed by atoms with Crippen molar-refractivity contribution in [2.24, 2.45) is 0 Å². The van der Waals surface area contributed by atoms with Crippen LogP contribution in [0.3, 0.4) is 0 Å². The smallest absolute Gasteiger partial charge is 0.266 e. The topological polar surface area (TPSA) is 67.9 Å². The van der Waals surface area contributed by atoms with Crippen LogP contribution in [-0.2, 0) is 14.3 Å². The molecule has 0 saturated carbocycles. The van der Waals surface area contributed by atoms with Crippen molar-refractivity contribution in [3.8, 4) is 5.75 Å². The maximum atomic E-state index is 12.8. The van der Waals surface area contributed by atoms with E-state index in [0.717, 1.165) is 25.0 Å². The molecule has 0 spiro atoms. The average Bonchev–Trinajstić information content (AvgIpc) is 3.39. The van der Waals surface area contributed by atoms with Crippen LogP contribution in [0.1, 0.15) is 18.4 Å². The molecule has 2 aromatic carbocycles. The molecule has 2 heterocycles. The average molecular weight is 523 g/mol. The second-order valence-electron chi connectivity index (χ2n) is 7.46. The number of anilines is 1. The highest BCUT2D eigenvalue weighted by Gasteiger charge is 2.34. The lowest BCUT2D eigenvalue weighted by molar-refractivity contribution is -0.123. The van der Waals surface area contributed by atoms with E-state index in [9.17, 15) is 9.59 Å². The fraction of sp³-hybridized carbons (Fsp3) is 0.261. The molecule has 0 bridgehead atoms. The van der Waals surface area contributed by atoms with Gasteiger partial charge in [0.05, 0.1) is 28.3 Å². The number of hydrogen-bond donors (Lipinski definition) is 1. The summed E-state index contributed by atoms with van der Waals surface area (Å²) in [5.74, 6) is 0.0759. The summed E-state index contributed by atoms with van der Waals surface area (Å²) in [7, 11) is 0. The zero-order valence-corrected chi connectivity index (χ0v) is 20.5. The predicted octanol–water partition coefficient (Wildman–Crippen LogP) is 5.39. The number of thioether (sulfide) groups is 1. The Morgan fingerprint density at radius 2 is 2.06 bits per heavy atom. The molecule has 2 aliphatic rings. The van der Waals surface area contributed by atoms with E-state index in [0.29, 0.717) is 37.3 Å². The molecule has 2 saturated heterocycles. The van der Waals surface area contributed by atoms with E-state index >= 15 is 0 Å². The third kappa shape index (κ3) is 6.28. The molecule has 1 atom stereocenters. The number of rotatable bonds is 7. The molecule has 0 aromatic heterocycles. The Kier molecular flexibility index (Phi) is 7.93. The summed E-state index contributed by atoms with van der Waals surface area (Å²) in [6, 6.07) is 11.9. The largest absolute Gasteiger partial charge is 0.484 e. The van der Waals surface area contributed by atoms with Gasteiger partial charge in [0, 0.05) is 11.6 Å². The number of nitrogens with one attached hydrogen (secondary N) is 1. The van der Waals surface area contributed by atoms with Crippen LogP contribution in [0.25, 0.3) is 6.08 Å². The first kappa shape index (κ1) is 24.0. The van der Waals surface area contributed by atoms with Gasteiger partial charge in [-0.2, -0.15) is 0 Å². The molecule has 2 amide bonds. The van der Waals surface area contributed by atoms with Crippen LogP contribution >= 0.6 is 47.2 Å². The SMILES string of the molecule is O=C(COc1ccc(/C=C2\SC(=S)N(C[C@H]3CCCO3)C2=O)cc1)Nc1ccc(Cl)cc1Cl. The van der Waals surface area contributed by atoms with E-state index in [1.807, 2.05) is 12.1 Å². The van der Waals surface area contributed by atoms with Gasteiger partial charge in [-0.15, -0.1) is 0 Å². The minimum Gasteiger partial charge on any atom is -0.484 e. The first-order valence-electron chi connectivity index (χ1n) is 10.2. The number of hydrogen-bond acceptors (Lipinski definition) is 6. The van der Waals surface area contributed by atoms with Crippen molar-refractivity contribution in [1.82, 2.24) is 4.90 Å². The molecule has 4 rings (SSSR count). The Hall–Kier alpha value is -2.10. The first-order valence-corrected chi connectivity index (χ1v) is 12.2. The summed E-state index contributed by atoms with van der Waals surface area (Å²) < 4.78 is 11.7. The Labute approximate surface area is 211 Å². The van der Waals surface area contributed by atoms with Gasteiger partial charge < -0.3 is 14.8 Å². The molecule has 0 unspecified atom stereocenters. The van der Waals surface area contributed by atoms with E-state index < -0.39 is 0 Å². The minimum atomic E-state index is -0.349. The maximum absolute atomic E-state index is 12.8. The van der Waals surface area contributed by atoms with Gasteiger partial charge in [-0.1, -0.05) is 59.3 Å². The van der Waals surface area contributed by atoms with Crippen LogP contribution < -0.4 is 10.1 Å². The highest BCUT2D eigenvalue weighted by molar-refractivity contribution is 8.26. The predicted molar refractivity (Wildman–Crippen MR) is 136 cm³/mol. The van der Waals surface area contributed by atoms with Gasteiger partial charge >= 0.3 is 0 Å². The van der Waals surface area contributed by atoms with Crippen molar-refractivity contribution < 1.29 is 19.1 Å². The molecule has 0 aliphatic carbocycles. The van der Waals surface area contributed by atoms with Crippen molar-refractivity contribution in [2.45, 2.75) is 18.9 Å². The molecular weight excluding hydrogens is 503 g/mol. The number of amides is 2. The first-order chi connectivity index (χ1) is 15.9. The zero-order valence-electron chi connectivity index (χ0n) is 17.4. The molecule has 6 nitrogen and oxygen atoms in total. The summed E-state index contributed by atoms with van der Waals surface area (Å²) in [6.07, 6.45) is 3.81. The van der Waals surface area contributed by atoms with Crippen molar-refractivity contribution in [3.63, 3.8) is 0 Å². The standard InChI is InChI=1S/C23H20Cl2N2O4S2/c24-15-5-8-19(18(25)11-15)26-21(28)13-31-16-6-3-14(4-7-16)10-20-22(29)27(23(32)33-20)12-17-2-1-9-30-17/h3-8,10-11,17H,1-2,9,12-13H2,(H,26,28)/b20-10-/t17-/m1/s1. The van der Waals surface area contributed by atoms with Crippen molar-refractivity contribution in [1.29, 1.82) is 0 Å². The Morgan fingerprint density at radius 1 is 1.27 bits per heavy atom. The van der Waals surface area contributed by atoms with Gasteiger partial charge in [0.15, 0.2) is 6.61 Å². The number of halogens is 2. The Morgan fingerprint density at radius 3 is 2.76 bits per heavy atom. The monoisotopic (exact) mass is 522 g/mol. The summed E-state index contributed by atoms with van der Waals surface area (Å²) >= 11 is 18.6. The van der Waals surface area contributed by atoms with Crippen molar-refractivity contribution in [2.75, 3.05) is 25.1 Å². The number of thiocarbonyl (C=S) groups is 1. The summed E-state index contributed by atoms with van der Waals surface area (Å²) in [5, 5.41) is 3.51. The zero-order chi connectivity index (χ0) is 23.4. The lowest BCUT2D eigenvalue weighted by Crippen LogP contribution is -2.35. The molecule has 2 aliphatic heterocycles. The van der Waals surface area contributed by atoms with Crippen LogP contribution in [-0.4, -0.2) is 46.9 Å². The third-order valence-electron chi connectivity index (χ3n) is 5.04. The fourth-order valence-corrected chi connectivity index (χ4v) is 5.12. The van der Waals surface area contributed by atoms with Gasteiger partial charge in [0.25, 0.3) is 11.8 Å². The highest BCUT2D eigenvalue weighted by atomic mass is 35.5. The van der Waals surface area contributed by atoms with Crippen LogP contribution in [0, 0.1) is 0 Å². The van der Waals surface area contributed by atoms with Gasteiger partial charge in [-0.3, -0.25) is 14.5 Å². The van der Waals surface area contributed by atoms with Crippen LogP contribution in [0.15, 0.2) is 47.4 Å². The number of carbonyl (C=O) groups excluding carboxylic acids is 2. The summed E-state index contributed by atoms with van der Waals surface area (Å²) in [4.78, 5) is 27.1.